The Morgan fingerprint density at radius 3 is 1.52 bits per heavy atom. The van der Waals surface area contributed by atoms with Gasteiger partial charge in [-0.2, -0.15) is 0 Å². The van der Waals surface area contributed by atoms with Gasteiger partial charge >= 0.3 is 142 Å². The SMILES string of the molecule is CCC[CH2][Sn]([CH2]CCC)([CH2]CCC)[c]1ncc(C(F)(F)F)cn1. The van der Waals surface area contributed by atoms with E-state index < -0.39 is 30.1 Å². The second-order valence-electron chi connectivity index (χ2n) is 6.38. The van der Waals surface area contributed by atoms with Gasteiger partial charge in [-0.25, -0.2) is 0 Å². The summed E-state index contributed by atoms with van der Waals surface area (Å²) in [5.41, 5.74) is -0.733. The number of hydrogen-bond acceptors (Lipinski definition) is 2. The average Bonchev–Trinajstić information content (AvgIpc) is 2.54. The summed E-state index contributed by atoms with van der Waals surface area (Å²) in [4.78, 5) is 8.48. The fraction of sp³-hybridized carbons (Fsp3) is 0.765. The van der Waals surface area contributed by atoms with Crippen LogP contribution >= 0.6 is 0 Å². The van der Waals surface area contributed by atoms with E-state index in [-0.39, 0.29) is 0 Å². The quantitative estimate of drug-likeness (QED) is 0.449. The normalized spacial score (nSPS) is 12.6. The molecule has 0 unspecified atom stereocenters. The van der Waals surface area contributed by atoms with E-state index in [2.05, 4.69) is 30.7 Å². The minimum absolute atomic E-state index is 0.733. The van der Waals surface area contributed by atoms with Gasteiger partial charge in [-0.15, -0.1) is 0 Å². The Morgan fingerprint density at radius 1 is 0.826 bits per heavy atom. The number of aromatic nitrogens is 2. The van der Waals surface area contributed by atoms with Crippen LogP contribution in [0.2, 0.25) is 13.3 Å². The second-order valence-corrected chi connectivity index (χ2v) is 19.3. The van der Waals surface area contributed by atoms with Gasteiger partial charge in [0.2, 0.25) is 0 Å². The van der Waals surface area contributed by atoms with Gasteiger partial charge in [-0.05, 0) is 0 Å². The molecule has 1 heterocycles. The second kappa shape index (κ2) is 9.84. The summed E-state index contributed by atoms with van der Waals surface area (Å²) in [5, 5.41) is 0. The summed E-state index contributed by atoms with van der Waals surface area (Å²) in [7, 11) is 0. The van der Waals surface area contributed by atoms with Gasteiger partial charge in [0.25, 0.3) is 0 Å². The number of unbranched alkanes of at least 4 members (excludes halogenated alkanes) is 3. The molecule has 0 amide bonds. The number of hydrogen-bond donors (Lipinski definition) is 0. The van der Waals surface area contributed by atoms with Gasteiger partial charge in [0, 0.05) is 0 Å². The number of rotatable bonds is 10. The van der Waals surface area contributed by atoms with Crippen molar-refractivity contribution in [3.05, 3.63) is 18.0 Å². The van der Waals surface area contributed by atoms with Crippen LogP contribution in [0.1, 0.15) is 64.9 Å². The van der Waals surface area contributed by atoms with Crippen LogP contribution in [0.4, 0.5) is 13.2 Å². The molecule has 0 bridgehead atoms. The summed E-state index contributed by atoms with van der Waals surface area (Å²) in [6, 6.07) is 0. The van der Waals surface area contributed by atoms with Crippen LogP contribution in [0.25, 0.3) is 0 Å². The molecular weight excluding hydrogens is 408 g/mol. The molecule has 0 N–H and O–H groups in total. The summed E-state index contributed by atoms with van der Waals surface area (Å²) < 4.78 is 42.6. The van der Waals surface area contributed by atoms with Crippen LogP contribution in [-0.4, -0.2) is 28.3 Å². The molecule has 0 spiro atoms. The van der Waals surface area contributed by atoms with E-state index in [1.54, 1.807) is 0 Å². The van der Waals surface area contributed by atoms with Crippen molar-refractivity contribution in [1.82, 2.24) is 9.97 Å². The first-order chi connectivity index (χ1) is 10.9. The Hall–Kier alpha value is -0.331. The van der Waals surface area contributed by atoms with Gasteiger partial charge in [-0.1, -0.05) is 0 Å². The monoisotopic (exact) mass is 438 g/mol. The Kier molecular flexibility index (Phi) is 8.86. The molecule has 0 saturated heterocycles. The van der Waals surface area contributed by atoms with Crippen molar-refractivity contribution in [3.63, 3.8) is 0 Å². The molecule has 0 saturated carbocycles. The zero-order valence-corrected chi connectivity index (χ0v) is 17.4. The zero-order valence-electron chi connectivity index (χ0n) is 14.5. The molecule has 1 aromatic heterocycles. The van der Waals surface area contributed by atoms with Crippen molar-refractivity contribution < 1.29 is 13.2 Å². The first-order valence-electron chi connectivity index (χ1n) is 8.79. The van der Waals surface area contributed by atoms with Gasteiger partial charge in [0.1, 0.15) is 0 Å². The predicted molar refractivity (Wildman–Crippen MR) is 91.6 cm³/mol. The molecule has 0 atom stereocenters. The van der Waals surface area contributed by atoms with Crippen molar-refractivity contribution >= 4 is 22.2 Å². The number of halogens is 3. The van der Waals surface area contributed by atoms with E-state index in [0.29, 0.717) is 0 Å². The maximum absolute atomic E-state index is 12.8. The van der Waals surface area contributed by atoms with Gasteiger partial charge < -0.3 is 0 Å². The van der Waals surface area contributed by atoms with E-state index in [4.69, 9.17) is 0 Å². The van der Waals surface area contributed by atoms with E-state index in [1.165, 1.54) is 0 Å². The van der Waals surface area contributed by atoms with Crippen molar-refractivity contribution in [2.24, 2.45) is 0 Å². The average molecular weight is 437 g/mol. The topological polar surface area (TPSA) is 25.8 Å². The minimum atomic E-state index is -4.35. The first kappa shape index (κ1) is 20.7. The van der Waals surface area contributed by atoms with Crippen LogP contribution in [0.3, 0.4) is 0 Å². The van der Waals surface area contributed by atoms with Crippen LogP contribution in [0, 0.1) is 0 Å². The third-order valence-corrected chi connectivity index (χ3v) is 19.1. The molecule has 23 heavy (non-hydrogen) atoms. The summed E-state index contributed by atoms with van der Waals surface area (Å²) in [6.07, 6.45) is 4.45. The third-order valence-electron chi connectivity index (χ3n) is 4.48. The summed E-state index contributed by atoms with van der Waals surface area (Å²) in [5.74, 6) is 0. The molecule has 1 rings (SSSR count). The fourth-order valence-electron chi connectivity index (χ4n) is 3.00. The molecule has 1 aromatic rings. The van der Waals surface area contributed by atoms with Crippen LogP contribution in [0.5, 0.6) is 0 Å². The molecule has 0 aromatic carbocycles. The van der Waals surface area contributed by atoms with Gasteiger partial charge in [0.15, 0.2) is 0 Å². The van der Waals surface area contributed by atoms with Crippen molar-refractivity contribution in [2.75, 3.05) is 0 Å². The van der Waals surface area contributed by atoms with Crippen LogP contribution in [0.15, 0.2) is 12.4 Å². The molecule has 132 valence electrons. The van der Waals surface area contributed by atoms with E-state index in [1.807, 2.05) is 0 Å². The van der Waals surface area contributed by atoms with Crippen LogP contribution < -0.4 is 3.84 Å². The van der Waals surface area contributed by atoms with Crippen LogP contribution in [-0.2, 0) is 6.18 Å². The Bertz CT molecular complexity index is 424. The Labute approximate surface area is 142 Å². The standard InChI is InChI=1S/C5H2F3N2.3C4H9.Sn/c6-5(7,8)4-1-9-3-10-2-4;3*1-3-4-2;/h1-2H;3*1,3-4H2,2H3;. The van der Waals surface area contributed by atoms with Gasteiger partial charge in [0.05, 0.1) is 0 Å². The molecule has 2 nitrogen and oxygen atoms in total. The van der Waals surface area contributed by atoms with Gasteiger partial charge in [-0.3, -0.25) is 0 Å². The fourth-order valence-corrected chi connectivity index (χ4v) is 17.8. The molecule has 0 aliphatic heterocycles. The zero-order chi connectivity index (χ0) is 17.3. The van der Waals surface area contributed by atoms with Crippen molar-refractivity contribution in [1.29, 1.82) is 0 Å². The molecule has 6 heteroatoms. The summed E-state index contributed by atoms with van der Waals surface area (Å²) >= 11 is -2.79. The van der Waals surface area contributed by atoms with E-state index in [9.17, 15) is 13.2 Å². The molecule has 0 aliphatic carbocycles. The molecule has 0 fully saturated rings. The first-order valence-corrected chi connectivity index (χ1v) is 16.3. The number of alkyl halides is 3. The number of nitrogens with zero attached hydrogens (tertiary/aromatic N) is 2. The van der Waals surface area contributed by atoms with E-state index in [0.717, 1.165) is 68.1 Å². The van der Waals surface area contributed by atoms with Crippen molar-refractivity contribution in [2.45, 2.75) is 78.8 Å². The summed E-state index contributed by atoms with van der Waals surface area (Å²) in [6.45, 7) is 6.51. The van der Waals surface area contributed by atoms with E-state index >= 15 is 0 Å². The Balaban J connectivity index is 3.12. The van der Waals surface area contributed by atoms with Crippen molar-refractivity contribution in [3.8, 4) is 0 Å². The molecular formula is C17H29F3N2Sn. The molecule has 0 radical (unpaired) electrons. The Morgan fingerprint density at radius 2 is 1.22 bits per heavy atom. The third kappa shape index (κ3) is 6.23. The predicted octanol–water partition coefficient (Wildman–Crippen LogP) is 5.55. The molecule has 0 aliphatic rings. The maximum atomic E-state index is 12.8.